The molecule has 18 heavy (non-hydrogen) atoms. The van der Waals surface area contributed by atoms with E-state index in [2.05, 4.69) is 9.97 Å². The fraction of sp³-hybridized carbons (Fsp3) is 0.333. The van der Waals surface area contributed by atoms with Crippen LogP contribution >= 0.6 is 0 Å². The lowest BCUT2D eigenvalue weighted by Gasteiger charge is -2.12. The van der Waals surface area contributed by atoms with Crippen molar-refractivity contribution in [3.05, 3.63) is 35.5 Å². The summed E-state index contributed by atoms with van der Waals surface area (Å²) in [4.78, 5) is 8.16. The minimum Gasteiger partial charge on any atom is -0.480 e. The highest BCUT2D eigenvalue weighted by Gasteiger charge is 2.23. The van der Waals surface area contributed by atoms with E-state index in [9.17, 15) is 5.11 Å². The predicted octanol–water partition coefficient (Wildman–Crippen LogP) is 1.48. The molecular weight excluding hydrogens is 236 g/mol. The Morgan fingerprint density at radius 3 is 2.67 bits per heavy atom. The smallest absolute Gasteiger partial charge is 0.241 e. The summed E-state index contributed by atoms with van der Waals surface area (Å²) >= 11 is 0. The molecule has 2 aromatic heterocycles. The average molecular weight is 250 g/mol. The zero-order valence-corrected chi connectivity index (χ0v) is 10.4. The van der Waals surface area contributed by atoms with Gasteiger partial charge in [0.25, 0.3) is 0 Å². The van der Waals surface area contributed by atoms with Gasteiger partial charge >= 0.3 is 0 Å². The van der Waals surface area contributed by atoms with E-state index in [4.69, 9.17) is 13.9 Å². The van der Waals surface area contributed by atoms with Gasteiger partial charge in [0.2, 0.25) is 11.8 Å². The molecule has 2 heterocycles. The SMILES string of the molecule is COc1cnc(C(O)c2occc2C)c(OC)n1. The normalized spacial score (nSPS) is 12.2. The Kier molecular flexibility index (Phi) is 3.47. The quantitative estimate of drug-likeness (QED) is 0.885. The first-order valence-corrected chi connectivity index (χ1v) is 5.34. The lowest BCUT2D eigenvalue weighted by molar-refractivity contribution is 0.177. The van der Waals surface area contributed by atoms with E-state index < -0.39 is 6.10 Å². The zero-order valence-electron chi connectivity index (χ0n) is 10.4. The molecule has 0 aliphatic heterocycles. The van der Waals surface area contributed by atoms with E-state index >= 15 is 0 Å². The van der Waals surface area contributed by atoms with Crippen molar-refractivity contribution in [1.82, 2.24) is 9.97 Å². The zero-order chi connectivity index (χ0) is 13.1. The fourth-order valence-corrected chi connectivity index (χ4v) is 1.59. The Morgan fingerprint density at radius 1 is 1.33 bits per heavy atom. The molecule has 1 N–H and O–H groups in total. The second-order valence-corrected chi connectivity index (χ2v) is 3.68. The molecule has 1 unspecified atom stereocenters. The molecule has 0 saturated heterocycles. The number of furan rings is 1. The van der Waals surface area contributed by atoms with Crippen LogP contribution in [0.15, 0.2) is 22.9 Å². The summed E-state index contributed by atoms with van der Waals surface area (Å²) in [6, 6.07) is 1.77. The van der Waals surface area contributed by atoms with E-state index in [1.165, 1.54) is 26.7 Å². The van der Waals surface area contributed by atoms with Crippen LogP contribution in [-0.2, 0) is 0 Å². The molecule has 2 rings (SSSR count). The van der Waals surface area contributed by atoms with Crippen LogP contribution in [0, 0.1) is 6.92 Å². The molecule has 2 aromatic rings. The van der Waals surface area contributed by atoms with Crippen molar-refractivity contribution in [2.75, 3.05) is 14.2 Å². The van der Waals surface area contributed by atoms with Gasteiger partial charge in [-0.25, -0.2) is 4.98 Å². The van der Waals surface area contributed by atoms with Crippen LogP contribution in [0.4, 0.5) is 0 Å². The van der Waals surface area contributed by atoms with Crippen molar-refractivity contribution in [3.63, 3.8) is 0 Å². The standard InChI is InChI=1S/C12H14N2O4/c1-7-4-5-18-11(7)10(15)9-12(17-3)14-8(16-2)6-13-9/h4-6,10,15H,1-3H3. The predicted molar refractivity (Wildman–Crippen MR) is 62.6 cm³/mol. The van der Waals surface area contributed by atoms with Crippen molar-refractivity contribution in [1.29, 1.82) is 0 Å². The Morgan fingerprint density at radius 2 is 2.11 bits per heavy atom. The Balaban J connectivity index is 2.41. The molecule has 0 aliphatic carbocycles. The van der Waals surface area contributed by atoms with Gasteiger partial charge < -0.3 is 19.0 Å². The lowest BCUT2D eigenvalue weighted by Crippen LogP contribution is -2.07. The molecule has 1 atom stereocenters. The molecule has 0 bridgehead atoms. The van der Waals surface area contributed by atoms with E-state index in [1.54, 1.807) is 6.07 Å². The summed E-state index contributed by atoms with van der Waals surface area (Å²) < 4.78 is 15.3. The highest BCUT2D eigenvalue weighted by atomic mass is 16.5. The maximum atomic E-state index is 10.2. The van der Waals surface area contributed by atoms with Crippen molar-refractivity contribution >= 4 is 0 Å². The largest absolute Gasteiger partial charge is 0.480 e. The maximum absolute atomic E-state index is 10.2. The summed E-state index contributed by atoms with van der Waals surface area (Å²) in [6.45, 7) is 1.84. The number of rotatable bonds is 4. The van der Waals surface area contributed by atoms with Crippen LogP contribution in [0.3, 0.4) is 0 Å². The molecule has 0 radical (unpaired) electrons. The average Bonchev–Trinajstić information content (AvgIpc) is 2.83. The summed E-state index contributed by atoms with van der Waals surface area (Å²) in [5.41, 5.74) is 1.12. The van der Waals surface area contributed by atoms with Gasteiger partial charge in [0.05, 0.1) is 26.7 Å². The van der Waals surface area contributed by atoms with Crippen molar-refractivity contribution < 1.29 is 19.0 Å². The molecular formula is C12H14N2O4. The number of aromatic nitrogens is 2. The summed E-state index contributed by atoms with van der Waals surface area (Å²) in [7, 11) is 2.94. The van der Waals surface area contributed by atoms with Crippen LogP contribution in [0.2, 0.25) is 0 Å². The number of nitrogens with zero attached hydrogens (tertiary/aromatic N) is 2. The van der Waals surface area contributed by atoms with Gasteiger partial charge in [-0.2, -0.15) is 4.98 Å². The van der Waals surface area contributed by atoms with Crippen molar-refractivity contribution in [2.24, 2.45) is 0 Å². The maximum Gasteiger partial charge on any atom is 0.241 e. The minimum atomic E-state index is -1.02. The first kappa shape index (κ1) is 12.4. The van der Waals surface area contributed by atoms with E-state index in [1.807, 2.05) is 6.92 Å². The third-order valence-electron chi connectivity index (χ3n) is 2.56. The molecule has 0 saturated carbocycles. The molecule has 96 valence electrons. The Labute approximate surface area is 104 Å². The summed E-state index contributed by atoms with van der Waals surface area (Å²) in [5.74, 6) is 0.949. The number of aryl methyl sites for hydroxylation is 1. The van der Waals surface area contributed by atoms with Gasteiger partial charge in [0.1, 0.15) is 11.5 Å². The van der Waals surface area contributed by atoms with Gasteiger partial charge in [-0.1, -0.05) is 0 Å². The number of aliphatic hydroxyl groups is 1. The highest BCUT2D eigenvalue weighted by Crippen LogP contribution is 2.30. The third-order valence-corrected chi connectivity index (χ3v) is 2.56. The van der Waals surface area contributed by atoms with Gasteiger partial charge in [-0.05, 0) is 18.6 Å². The number of hydrogen-bond donors (Lipinski definition) is 1. The molecule has 0 aromatic carbocycles. The van der Waals surface area contributed by atoms with E-state index in [-0.39, 0.29) is 11.6 Å². The second-order valence-electron chi connectivity index (χ2n) is 3.68. The van der Waals surface area contributed by atoms with Gasteiger partial charge in [0.15, 0.2) is 6.10 Å². The lowest BCUT2D eigenvalue weighted by atomic mass is 10.1. The summed E-state index contributed by atoms with van der Waals surface area (Å²) in [6.07, 6.45) is 1.91. The number of ether oxygens (including phenoxy) is 2. The molecule has 0 aliphatic rings. The second kappa shape index (κ2) is 5.05. The first-order valence-electron chi connectivity index (χ1n) is 5.34. The van der Waals surface area contributed by atoms with Crippen molar-refractivity contribution in [2.45, 2.75) is 13.0 Å². The van der Waals surface area contributed by atoms with Crippen LogP contribution in [-0.4, -0.2) is 29.3 Å². The van der Waals surface area contributed by atoms with Crippen LogP contribution < -0.4 is 9.47 Å². The summed E-state index contributed by atoms with van der Waals surface area (Å²) in [5, 5.41) is 10.2. The third kappa shape index (κ3) is 2.14. The number of hydrogen-bond acceptors (Lipinski definition) is 6. The van der Waals surface area contributed by atoms with Gasteiger partial charge in [0, 0.05) is 0 Å². The van der Waals surface area contributed by atoms with Crippen LogP contribution in [0.1, 0.15) is 23.1 Å². The van der Waals surface area contributed by atoms with Crippen LogP contribution in [0.25, 0.3) is 0 Å². The number of aliphatic hydroxyl groups excluding tert-OH is 1. The van der Waals surface area contributed by atoms with Crippen molar-refractivity contribution in [3.8, 4) is 11.8 Å². The minimum absolute atomic E-state index is 0.206. The Hall–Kier alpha value is -2.08. The van der Waals surface area contributed by atoms with Gasteiger partial charge in [-0.3, -0.25) is 0 Å². The molecule has 0 spiro atoms. The molecule has 6 nitrogen and oxygen atoms in total. The monoisotopic (exact) mass is 250 g/mol. The first-order chi connectivity index (χ1) is 8.67. The number of methoxy groups -OCH3 is 2. The van der Waals surface area contributed by atoms with E-state index in [0.29, 0.717) is 11.6 Å². The highest BCUT2D eigenvalue weighted by molar-refractivity contribution is 5.31. The molecule has 6 heteroatoms. The van der Waals surface area contributed by atoms with E-state index in [0.717, 1.165) is 5.56 Å². The topological polar surface area (TPSA) is 77.6 Å². The fourth-order valence-electron chi connectivity index (χ4n) is 1.59. The molecule has 0 fully saturated rings. The van der Waals surface area contributed by atoms with Crippen LogP contribution in [0.5, 0.6) is 11.8 Å². The Bertz CT molecular complexity index is 539. The van der Waals surface area contributed by atoms with Gasteiger partial charge in [-0.15, -0.1) is 0 Å². The molecule has 0 amide bonds.